The Hall–Kier alpha value is -1.16. The largest absolute Gasteiger partial charge is 0.463 e. The molecule has 0 aliphatic carbocycles. The fraction of sp³-hybridized carbons (Fsp3) is 0. The minimum Gasteiger partial charge on any atom is -0.463 e. The zero-order valence-corrected chi connectivity index (χ0v) is 5.75. The number of hydrogen-bond acceptors (Lipinski definition) is 2. The Morgan fingerprint density at radius 1 is 1.50 bits per heavy atom. The van der Waals surface area contributed by atoms with Crippen LogP contribution >= 0.6 is 12.4 Å². The molecule has 0 radical (unpaired) electrons. The lowest BCUT2D eigenvalue weighted by Gasteiger charge is -2.12. The van der Waals surface area contributed by atoms with E-state index >= 15 is 0 Å². The molecular formula is C5H6ClNO3. The van der Waals surface area contributed by atoms with Crippen molar-refractivity contribution >= 4 is 18.5 Å². The van der Waals surface area contributed by atoms with Crippen LogP contribution < -0.4 is 0 Å². The molecule has 4 nitrogen and oxygen atoms in total. The van der Waals surface area contributed by atoms with Gasteiger partial charge in [0.1, 0.15) is 6.26 Å². The fourth-order valence-corrected chi connectivity index (χ4v) is 0.418. The summed E-state index contributed by atoms with van der Waals surface area (Å²) in [5.74, 6) is 0. The SMILES string of the molecule is Cl.O=C(O)N1C=CC=CO1. The van der Waals surface area contributed by atoms with E-state index in [1.54, 1.807) is 12.2 Å². The van der Waals surface area contributed by atoms with Gasteiger partial charge >= 0.3 is 6.09 Å². The molecule has 0 bridgehead atoms. The monoisotopic (exact) mass is 163 g/mol. The first-order valence-corrected chi connectivity index (χ1v) is 2.33. The topological polar surface area (TPSA) is 49.8 Å². The lowest BCUT2D eigenvalue weighted by Crippen LogP contribution is -2.22. The van der Waals surface area contributed by atoms with Crippen molar-refractivity contribution < 1.29 is 14.7 Å². The summed E-state index contributed by atoms with van der Waals surface area (Å²) in [6, 6.07) is 0. The predicted molar refractivity (Wildman–Crippen MR) is 36.5 cm³/mol. The van der Waals surface area contributed by atoms with Crippen LogP contribution in [0.15, 0.2) is 24.6 Å². The smallest absolute Gasteiger partial charge is 0.445 e. The number of amides is 1. The maximum atomic E-state index is 10.1. The van der Waals surface area contributed by atoms with Crippen molar-refractivity contribution in [2.45, 2.75) is 0 Å². The van der Waals surface area contributed by atoms with Gasteiger partial charge in [-0.15, -0.1) is 17.5 Å². The van der Waals surface area contributed by atoms with Crippen LogP contribution in [-0.2, 0) is 4.84 Å². The number of hydroxylamine groups is 2. The van der Waals surface area contributed by atoms with Gasteiger partial charge in [0.15, 0.2) is 0 Å². The van der Waals surface area contributed by atoms with Crippen molar-refractivity contribution in [2.24, 2.45) is 0 Å². The second-order valence-corrected chi connectivity index (χ2v) is 1.38. The molecule has 0 saturated heterocycles. The molecule has 0 unspecified atom stereocenters. The molecule has 1 aliphatic heterocycles. The molecule has 0 aromatic heterocycles. The van der Waals surface area contributed by atoms with Gasteiger partial charge in [-0.25, -0.2) is 4.79 Å². The fourth-order valence-electron chi connectivity index (χ4n) is 0.418. The number of allylic oxidation sites excluding steroid dienone is 2. The minimum absolute atomic E-state index is 0. The van der Waals surface area contributed by atoms with Crippen LogP contribution in [0.2, 0.25) is 0 Å². The first kappa shape index (κ1) is 8.84. The van der Waals surface area contributed by atoms with Gasteiger partial charge in [0.2, 0.25) is 0 Å². The molecule has 1 amide bonds. The second kappa shape index (κ2) is 3.79. The molecule has 1 N–H and O–H groups in total. The van der Waals surface area contributed by atoms with Crippen molar-refractivity contribution in [1.82, 2.24) is 5.06 Å². The molecule has 0 atom stereocenters. The third-order valence-electron chi connectivity index (χ3n) is 0.774. The van der Waals surface area contributed by atoms with Crippen LogP contribution in [0.3, 0.4) is 0 Å². The normalized spacial score (nSPS) is 13.8. The van der Waals surface area contributed by atoms with Gasteiger partial charge in [-0.2, -0.15) is 0 Å². The Morgan fingerprint density at radius 3 is 2.50 bits per heavy atom. The minimum atomic E-state index is -1.13. The van der Waals surface area contributed by atoms with Crippen LogP contribution in [0.5, 0.6) is 0 Å². The number of halogens is 1. The van der Waals surface area contributed by atoms with Crippen LogP contribution in [-0.4, -0.2) is 16.3 Å². The number of rotatable bonds is 0. The number of hydrogen-bond donors (Lipinski definition) is 1. The highest BCUT2D eigenvalue weighted by atomic mass is 35.5. The highest BCUT2D eigenvalue weighted by Crippen LogP contribution is 1.99. The van der Waals surface area contributed by atoms with E-state index in [0.717, 1.165) is 0 Å². The zero-order valence-electron chi connectivity index (χ0n) is 4.93. The quantitative estimate of drug-likeness (QED) is 0.587. The number of nitrogens with zero attached hydrogens (tertiary/aromatic N) is 1. The van der Waals surface area contributed by atoms with Gasteiger partial charge in [-0.3, -0.25) is 0 Å². The Morgan fingerprint density at radius 2 is 2.20 bits per heavy atom. The van der Waals surface area contributed by atoms with Gasteiger partial charge in [-0.1, -0.05) is 0 Å². The highest BCUT2D eigenvalue weighted by Gasteiger charge is 2.07. The van der Waals surface area contributed by atoms with E-state index < -0.39 is 6.09 Å². The van der Waals surface area contributed by atoms with Gasteiger partial charge in [0.25, 0.3) is 0 Å². The highest BCUT2D eigenvalue weighted by molar-refractivity contribution is 5.85. The summed E-state index contributed by atoms with van der Waals surface area (Å²) < 4.78 is 0. The van der Waals surface area contributed by atoms with E-state index in [0.29, 0.717) is 5.06 Å². The zero-order chi connectivity index (χ0) is 6.69. The van der Waals surface area contributed by atoms with Crippen molar-refractivity contribution in [3.05, 3.63) is 24.6 Å². The Bertz CT molecular complexity index is 178. The van der Waals surface area contributed by atoms with Crippen molar-refractivity contribution in [3.8, 4) is 0 Å². The molecule has 0 saturated carbocycles. The van der Waals surface area contributed by atoms with E-state index in [9.17, 15) is 4.79 Å². The summed E-state index contributed by atoms with van der Waals surface area (Å²) >= 11 is 0. The van der Waals surface area contributed by atoms with E-state index in [1.807, 2.05) is 0 Å². The van der Waals surface area contributed by atoms with Crippen LogP contribution in [0.4, 0.5) is 4.79 Å². The molecule has 10 heavy (non-hydrogen) atoms. The standard InChI is InChI=1S/C5H5NO3.ClH/c7-5(8)6-3-1-2-4-9-6;/h1-4H,(H,7,8);1H. The molecular weight excluding hydrogens is 158 g/mol. The van der Waals surface area contributed by atoms with E-state index in [1.165, 1.54) is 12.5 Å². The van der Waals surface area contributed by atoms with Crippen molar-refractivity contribution in [2.75, 3.05) is 0 Å². The molecule has 1 aliphatic rings. The molecule has 1 heterocycles. The van der Waals surface area contributed by atoms with E-state index in [-0.39, 0.29) is 12.4 Å². The Kier molecular flexibility index (Phi) is 3.35. The van der Waals surface area contributed by atoms with Gasteiger partial charge < -0.3 is 9.94 Å². The first-order valence-electron chi connectivity index (χ1n) is 2.33. The molecule has 0 aromatic rings. The maximum Gasteiger partial charge on any atom is 0.445 e. The van der Waals surface area contributed by atoms with Gasteiger partial charge in [0, 0.05) is 0 Å². The summed E-state index contributed by atoms with van der Waals surface area (Å²) in [5, 5.41) is 8.96. The molecule has 0 fully saturated rings. The van der Waals surface area contributed by atoms with Gasteiger partial charge in [0.05, 0.1) is 6.20 Å². The summed E-state index contributed by atoms with van der Waals surface area (Å²) in [5.41, 5.74) is 0. The molecule has 56 valence electrons. The summed E-state index contributed by atoms with van der Waals surface area (Å²) in [4.78, 5) is 14.6. The van der Waals surface area contributed by atoms with Crippen LogP contribution in [0, 0.1) is 0 Å². The predicted octanol–water partition coefficient (Wildman–Crippen LogP) is 1.36. The maximum absolute atomic E-state index is 10.1. The average molecular weight is 164 g/mol. The van der Waals surface area contributed by atoms with Crippen molar-refractivity contribution in [3.63, 3.8) is 0 Å². The van der Waals surface area contributed by atoms with Crippen LogP contribution in [0.25, 0.3) is 0 Å². The second-order valence-electron chi connectivity index (χ2n) is 1.38. The Labute approximate surface area is 63.8 Å². The summed E-state index contributed by atoms with van der Waals surface area (Å²) in [7, 11) is 0. The Balaban J connectivity index is 0.000000810. The summed E-state index contributed by atoms with van der Waals surface area (Å²) in [6.07, 6.45) is 4.63. The van der Waals surface area contributed by atoms with E-state index in [2.05, 4.69) is 4.84 Å². The number of carboxylic acid groups (broad SMARTS) is 1. The van der Waals surface area contributed by atoms with Gasteiger partial charge in [-0.05, 0) is 12.2 Å². The molecule has 5 heteroatoms. The lowest BCUT2D eigenvalue weighted by molar-refractivity contribution is -0.0378. The van der Waals surface area contributed by atoms with Crippen molar-refractivity contribution in [1.29, 1.82) is 0 Å². The lowest BCUT2D eigenvalue weighted by atomic mass is 10.5. The average Bonchev–Trinajstić information content (AvgIpc) is 1.90. The first-order chi connectivity index (χ1) is 4.30. The summed E-state index contributed by atoms with van der Waals surface area (Å²) in [6.45, 7) is 0. The number of carbonyl (C=O) groups is 1. The third kappa shape index (κ3) is 1.99. The molecule has 1 rings (SSSR count). The molecule has 0 spiro atoms. The van der Waals surface area contributed by atoms with Crippen LogP contribution in [0.1, 0.15) is 0 Å². The van der Waals surface area contributed by atoms with E-state index in [4.69, 9.17) is 5.11 Å². The third-order valence-corrected chi connectivity index (χ3v) is 0.774. The molecule has 0 aromatic carbocycles.